The van der Waals surface area contributed by atoms with Crippen molar-refractivity contribution in [2.75, 3.05) is 18.5 Å². The number of para-hydroxylation sites is 1. The molecule has 2 rings (SSSR count). The van der Waals surface area contributed by atoms with Gasteiger partial charge in [-0.2, -0.15) is 0 Å². The zero-order valence-corrected chi connectivity index (χ0v) is 23.9. The lowest BCUT2D eigenvalue weighted by atomic mass is 10.00. The van der Waals surface area contributed by atoms with Crippen molar-refractivity contribution >= 4 is 29.5 Å². The van der Waals surface area contributed by atoms with Crippen LogP contribution >= 0.6 is 0 Å². The molecule has 40 heavy (non-hydrogen) atoms. The van der Waals surface area contributed by atoms with Crippen molar-refractivity contribution in [2.45, 2.75) is 65.8 Å². The van der Waals surface area contributed by atoms with Crippen LogP contribution in [-0.2, 0) is 30.5 Å². The van der Waals surface area contributed by atoms with Gasteiger partial charge in [-0.25, -0.2) is 9.59 Å². The number of nitrogens with one attached hydrogen (secondary N) is 4. The van der Waals surface area contributed by atoms with E-state index in [1.807, 2.05) is 50.2 Å². The second-order valence-corrected chi connectivity index (χ2v) is 10.2. The third kappa shape index (κ3) is 11.4. The average molecular weight is 555 g/mol. The number of esters is 1. The molecule has 4 N–H and O–H groups in total. The molecule has 0 spiro atoms. The summed E-state index contributed by atoms with van der Waals surface area (Å²) in [4.78, 5) is 51.8. The van der Waals surface area contributed by atoms with E-state index >= 15 is 0 Å². The first-order valence-corrected chi connectivity index (χ1v) is 13.6. The van der Waals surface area contributed by atoms with Crippen molar-refractivity contribution < 1.29 is 28.7 Å². The molecule has 2 aromatic carbocycles. The Labute approximate surface area is 236 Å². The highest BCUT2D eigenvalue weighted by molar-refractivity contribution is 5.96. The summed E-state index contributed by atoms with van der Waals surface area (Å²) in [5, 5.41) is 10.8. The van der Waals surface area contributed by atoms with Crippen LogP contribution in [-0.4, -0.2) is 55.2 Å². The maximum absolute atomic E-state index is 13.4. The van der Waals surface area contributed by atoms with E-state index in [0.717, 1.165) is 5.56 Å². The third-order valence-corrected chi connectivity index (χ3v) is 5.89. The number of rotatable bonds is 15. The number of urea groups is 1. The van der Waals surface area contributed by atoms with Crippen LogP contribution in [0.3, 0.4) is 0 Å². The third-order valence-electron chi connectivity index (χ3n) is 5.89. The van der Waals surface area contributed by atoms with Gasteiger partial charge >= 0.3 is 12.0 Å². The molecule has 10 heteroatoms. The summed E-state index contributed by atoms with van der Waals surface area (Å²) in [5.41, 5.74) is 1.46. The van der Waals surface area contributed by atoms with Crippen LogP contribution in [0.4, 0.5) is 10.5 Å². The number of benzene rings is 2. The fourth-order valence-electron chi connectivity index (χ4n) is 3.86. The minimum absolute atomic E-state index is 0.0539. The molecular formula is C30H42N4O6. The predicted octanol–water partition coefficient (Wildman–Crippen LogP) is 3.63. The molecule has 0 aromatic heterocycles. The molecule has 0 unspecified atom stereocenters. The van der Waals surface area contributed by atoms with E-state index < -0.39 is 41.9 Å². The van der Waals surface area contributed by atoms with Gasteiger partial charge < -0.3 is 30.7 Å². The summed E-state index contributed by atoms with van der Waals surface area (Å²) in [6, 6.07) is 14.7. The van der Waals surface area contributed by atoms with Crippen LogP contribution in [0.5, 0.6) is 0 Å². The van der Waals surface area contributed by atoms with Crippen molar-refractivity contribution in [1.82, 2.24) is 16.0 Å². The van der Waals surface area contributed by atoms with E-state index in [0.29, 0.717) is 12.1 Å². The molecular weight excluding hydrogens is 512 g/mol. The van der Waals surface area contributed by atoms with Gasteiger partial charge in [0.2, 0.25) is 11.8 Å². The van der Waals surface area contributed by atoms with Gasteiger partial charge in [-0.15, -0.1) is 0 Å². The largest absolute Gasteiger partial charge is 0.464 e. The number of carbonyl (C=O) groups excluding carboxylic acids is 4. The fourth-order valence-corrected chi connectivity index (χ4v) is 3.86. The lowest BCUT2D eigenvalue weighted by Gasteiger charge is -2.27. The highest BCUT2D eigenvalue weighted by atomic mass is 16.5. The van der Waals surface area contributed by atoms with Crippen LogP contribution in [0.2, 0.25) is 0 Å². The van der Waals surface area contributed by atoms with Crippen LogP contribution < -0.4 is 21.3 Å². The molecule has 0 bridgehead atoms. The second-order valence-electron chi connectivity index (χ2n) is 10.2. The summed E-state index contributed by atoms with van der Waals surface area (Å²) < 4.78 is 10.9. The zero-order valence-electron chi connectivity index (χ0n) is 23.9. The number of anilines is 1. The number of hydrogen-bond acceptors (Lipinski definition) is 6. The first kappa shape index (κ1) is 32.3. The SMILES string of the molecule is CCOC(=O)[C@@H](NC(=O)[C@H](CC(C)C)NC(=O)[C@H](COCc1ccccc1)NC(=O)Nc1ccccc1)C(C)C. The summed E-state index contributed by atoms with van der Waals surface area (Å²) in [7, 11) is 0. The molecule has 2 aromatic rings. The Morgan fingerprint density at radius 3 is 1.95 bits per heavy atom. The van der Waals surface area contributed by atoms with E-state index in [4.69, 9.17) is 9.47 Å². The Balaban J connectivity index is 2.16. The Hall–Kier alpha value is -3.92. The summed E-state index contributed by atoms with van der Waals surface area (Å²) in [5.74, 6) is -1.80. The van der Waals surface area contributed by atoms with Crippen molar-refractivity contribution in [2.24, 2.45) is 11.8 Å². The molecule has 3 atom stereocenters. The lowest BCUT2D eigenvalue weighted by Crippen LogP contribution is -2.58. The highest BCUT2D eigenvalue weighted by Gasteiger charge is 2.32. The molecule has 0 aliphatic heterocycles. The fraction of sp³-hybridized carbons (Fsp3) is 0.467. The van der Waals surface area contributed by atoms with Gasteiger partial charge in [-0.3, -0.25) is 9.59 Å². The van der Waals surface area contributed by atoms with Crippen LogP contribution in [0, 0.1) is 11.8 Å². The molecule has 0 saturated heterocycles. The van der Waals surface area contributed by atoms with Crippen LogP contribution in [0.1, 0.15) is 46.6 Å². The summed E-state index contributed by atoms with van der Waals surface area (Å²) in [6.45, 7) is 9.42. The topological polar surface area (TPSA) is 135 Å². The van der Waals surface area contributed by atoms with Crippen LogP contribution in [0.15, 0.2) is 60.7 Å². The molecule has 0 aliphatic rings. The highest BCUT2D eigenvalue weighted by Crippen LogP contribution is 2.10. The van der Waals surface area contributed by atoms with Crippen molar-refractivity contribution in [3.05, 3.63) is 66.2 Å². The molecule has 0 radical (unpaired) electrons. The predicted molar refractivity (Wildman–Crippen MR) is 153 cm³/mol. The van der Waals surface area contributed by atoms with Crippen molar-refractivity contribution in [1.29, 1.82) is 0 Å². The van der Waals surface area contributed by atoms with E-state index in [2.05, 4.69) is 21.3 Å². The summed E-state index contributed by atoms with van der Waals surface area (Å²) in [6.07, 6.45) is 0.318. The van der Waals surface area contributed by atoms with E-state index in [9.17, 15) is 19.2 Å². The van der Waals surface area contributed by atoms with E-state index in [1.165, 1.54) is 0 Å². The Bertz CT molecular complexity index is 1080. The second kappa shape index (κ2) is 16.9. The molecule has 218 valence electrons. The number of ether oxygens (including phenoxy) is 2. The van der Waals surface area contributed by atoms with E-state index in [1.54, 1.807) is 45.0 Å². The molecule has 0 heterocycles. The standard InChI is InChI=1S/C30H42N4O6/c1-6-40-29(37)26(21(4)5)34-27(35)24(17-20(2)3)32-28(36)25(19-39-18-22-13-9-7-10-14-22)33-30(38)31-23-15-11-8-12-16-23/h7-16,20-21,24-26H,6,17-19H2,1-5H3,(H,32,36)(H,34,35)(H2,31,33,38)/t24-,25-,26-/m0/s1. The van der Waals surface area contributed by atoms with Gasteiger partial charge in [0.25, 0.3) is 0 Å². The first-order valence-electron chi connectivity index (χ1n) is 13.6. The summed E-state index contributed by atoms with van der Waals surface area (Å²) >= 11 is 0. The van der Waals surface area contributed by atoms with E-state index in [-0.39, 0.29) is 31.7 Å². The van der Waals surface area contributed by atoms with Gasteiger partial charge in [-0.1, -0.05) is 76.2 Å². The minimum atomic E-state index is -1.10. The number of amides is 4. The normalized spacial score (nSPS) is 13.2. The average Bonchev–Trinajstić information content (AvgIpc) is 2.91. The smallest absolute Gasteiger partial charge is 0.328 e. The lowest BCUT2D eigenvalue weighted by molar-refractivity contribution is -0.149. The first-order chi connectivity index (χ1) is 19.1. The van der Waals surface area contributed by atoms with Gasteiger partial charge in [0.1, 0.15) is 18.1 Å². The van der Waals surface area contributed by atoms with Gasteiger partial charge in [0, 0.05) is 5.69 Å². The zero-order chi connectivity index (χ0) is 29.5. The number of hydrogen-bond donors (Lipinski definition) is 4. The minimum Gasteiger partial charge on any atom is -0.464 e. The Kier molecular flexibility index (Phi) is 13.7. The Morgan fingerprint density at radius 2 is 1.38 bits per heavy atom. The van der Waals surface area contributed by atoms with Crippen LogP contribution in [0.25, 0.3) is 0 Å². The molecule has 0 saturated carbocycles. The Morgan fingerprint density at radius 1 is 0.775 bits per heavy atom. The quantitative estimate of drug-likeness (QED) is 0.248. The van der Waals surface area contributed by atoms with Gasteiger partial charge in [0.15, 0.2) is 0 Å². The van der Waals surface area contributed by atoms with Gasteiger partial charge in [-0.05, 0) is 42.9 Å². The van der Waals surface area contributed by atoms with Crippen molar-refractivity contribution in [3.8, 4) is 0 Å². The monoisotopic (exact) mass is 554 g/mol. The molecule has 0 fully saturated rings. The van der Waals surface area contributed by atoms with Crippen molar-refractivity contribution in [3.63, 3.8) is 0 Å². The molecule has 4 amide bonds. The van der Waals surface area contributed by atoms with Gasteiger partial charge in [0.05, 0.1) is 19.8 Å². The maximum Gasteiger partial charge on any atom is 0.328 e. The number of carbonyl (C=O) groups is 4. The molecule has 10 nitrogen and oxygen atoms in total. The molecule has 0 aliphatic carbocycles. The maximum atomic E-state index is 13.4.